The average Bonchev–Trinajstić information content (AvgIpc) is 3.18. The maximum atomic E-state index is 14.4. The minimum absolute atomic E-state index is 0. The molecular weight excluding hydrogens is 910 g/mol. The second kappa shape index (κ2) is 20.2. The molecule has 0 aliphatic rings. The molecular formula is C42H29Cl3F4N4O3Sn. The van der Waals surface area contributed by atoms with Crippen molar-refractivity contribution in [2.45, 2.75) is 0 Å². The van der Waals surface area contributed by atoms with Gasteiger partial charge in [-0.25, -0.2) is 27.5 Å². The standard InChI is InChI=1S/C21H12F2N2O2.C21H14F2N2.3ClH.H2O.Sn/c22-18-7-3-1-5-15(18)17-12-13-11-14(25(26)27)9-10-20(13)24-21(17)16-6-2-4-8-19(16)23;22-18-7-3-1-5-15(18)17-12-13-11-14(24)9-10-20(13)25-21(17)16-6-2-4-8-19(16)23;;;;;/h1-12H;1-12H,24H2;3*1H;1H2;/q;;;;;;+2/p-2. The second-order valence-electron chi connectivity index (χ2n) is 11.8. The molecule has 6 aromatic carbocycles. The van der Waals surface area contributed by atoms with Gasteiger partial charge in [-0.1, -0.05) is 60.7 Å². The number of nitro benzene ring substituents is 1. The first-order chi connectivity index (χ1) is 26.6. The van der Waals surface area contributed by atoms with Crippen LogP contribution in [0.4, 0.5) is 28.9 Å². The van der Waals surface area contributed by atoms with Gasteiger partial charge < -0.3 is 11.2 Å². The van der Waals surface area contributed by atoms with Crippen LogP contribution in [0.3, 0.4) is 0 Å². The number of anilines is 1. The molecule has 0 fully saturated rings. The van der Waals surface area contributed by atoms with Gasteiger partial charge in [-0.15, -0.1) is 12.4 Å². The van der Waals surface area contributed by atoms with Gasteiger partial charge in [0.05, 0.1) is 27.3 Å². The molecule has 0 saturated carbocycles. The van der Waals surface area contributed by atoms with Crippen LogP contribution in [0.25, 0.3) is 66.6 Å². The van der Waals surface area contributed by atoms with E-state index in [2.05, 4.69) is 9.97 Å². The zero-order valence-electron chi connectivity index (χ0n) is 29.3. The fraction of sp³-hybridized carbons (Fsp3) is 0. The van der Waals surface area contributed by atoms with Gasteiger partial charge in [0.15, 0.2) is 0 Å². The molecule has 8 aromatic rings. The number of hydrogen-bond donors (Lipinski definition) is 1. The first-order valence-electron chi connectivity index (χ1n) is 16.3. The van der Waals surface area contributed by atoms with Crippen molar-refractivity contribution in [3.05, 3.63) is 179 Å². The Morgan fingerprint density at radius 1 is 0.526 bits per heavy atom. The zero-order valence-corrected chi connectivity index (χ0v) is 34.5. The van der Waals surface area contributed by atoms with Crippen molar-refractivity contribution in [2.75, 3.05) is 5.73 Å². The Bertz CT molecular complexity index is 2690. The van der Waals surface area contributed by atoms with E-state index in [9.17, 15) is 27.7 Å². The molecule has 4 N–H and O–H groups in total. The summed E-state index contributed by atoms with van der Waals surface area (Å²) in [5.74, 6) is -1.75. The molecule has 15 heteroatoms. The molecule has 0 atom stereocenters. The van der Waals surface area contributed by atoms with Gasteiger partial charge in [0.25, 0.3) is 5.69 Å². The van der Waals surface area contributed by atoms with Crippen molar-refractivity contribution in [3.63, 3.8) is 0 Å². The van der Waals surface area contributed by atoms with Crippen molar-refractivity contribution >= 4 is 82.3 Å². The Kier molecular flexibility index (Phi) is 15.7. The average molecular weight is 939 g/mol. The quantitative estimate of drug-likeness (QED) is 0.0604. The molecule has 7 nitrogen and oxygen atoms in total. The molecule has 0 saturated heterocycles. The number of nitrogens with zero attached hydrogens (tertiary/aromatic N) is 3. The molecule has 0 bridgehead atoms. The van der Waals surface area contributed by atoms with E-state index < -0.39 is 41.3 Å². The van der Waals surface area contributed by atoms with Gasteiger partial charge in [-0.05, 0) is 72.8 Å². The number of halogens is 7. The van der Waals surface area contributed by atoms with Gasteiger partial charge in [0.2, 0.25) is 0 Å². The summed E-state index contributed by atoms with van der Waals surface area (Å²) in [5.41, 5.74) is 10.2. The molecule has 8 rings (SSSR count). The van der Waals surface area contributed by atoms with Gasteiger partial charge >= 0.3 is 36.7 Å². The summed E-state index contributed by atoms with van der Waals surface area (Å²) in [6.07, 6.45) is 0. The van der Waals surface area contributed by atoms with Crippen LogP contribution >= 0.6 is 30.2 Å². The van der Waals surface area contributed by atoms with E-state index in [1.165, 1.54) is 42.5 Å². The molecule has 0 spiro atoms. The van der Waals surface area contributed by atoms with E-state index in [0.29, 0.717) is 50.1 Å². The van der Waals surface area contributed by atoms with E-state index in [1.54, 1.807) is 103 Å². The van der Waals surface area contributed by atoms with Gasteiger partial charge in [-0.2, -0.15) is 0 Å². The molecule has 0 unspecified atom stereocenters. The summed E-state index contributed by atoms with van der Waals surface area (Å²) in [7, 11) is 9.87. The van der Waals surface area contributed by atoms with E-state index in [4.69, 9.17) is 23.6 Å². The topological polar surface area (TPSA) is 126 Å². The summed E-state index contributed by atoms with van der Waals surface area (Å²) < 4.78 is 57.7. The molecule has 2 heterocycles. The molecule has 2 aromatic heterocycles. The molecule has 57 heavy (non-hydrogen) atoms. The van der Waals surface area contributed by atoms with Crippen molar-refractivity contribution in [3.8, 4) is 44.8 Å². The first kappa shape index (κ1) is 44.4. The monoisotopic (exact) mass is 938 g/mol. The van der Waals surface area contributed by atoms with Crippen LogP contribution in [0.1, 0.15) is 0 Å². The fourth-order valence-corrected chi connectivity index (χ4v) is 5.96. The van der Waals surface area contributed by atoms with Crippen LogP contribution in [0.2, 0.25) is 0 Å². The Balaban J connectivity index is 0.000000229. The molecule has 0 aliphatic carbocycles. The third-order valence-corrected chi connectivity index (χ3v) is 8.43. The van der Waals surface area contributed by atoms with E-state index in [-0.39, 0.29) is 46.2 Å². The van der Waals surface area contributed by atoms with Crippen molar-refractivity contribution in [2.24, 2.45) is 0 Å². The molecule has 0 amide bonds. The number of nitrogen functional groups attached to an aromatic ring is 1. The van der Waals surface area contributed by atoms with Crippen LogP contribution in [-0.2, 0) is 0 Å². The van der Waals surface area contributed by atoms with Crippen LogP contribution < -0.4 is 5.73 Å². The van der Waals surface area contributed by atoms with Crippen LogP contribution in [-0.4, -0.2) is 39.3 Å². The second-order valence-corrected chi connectivity index (χ2v) is 16.1. The third kappa shape index (κ3) is 10.2. The van der Waals surface area contributed by atoms with E-state index >= 15 is 0 Å². The summed E-state index contributed by atoms with van der Waals surface area (Å²) in [4.78, 5) is 19.7. The molecule has 2 radical (unpaired) electrons. The fourth-order valence-electron chi connectivity index (χ4n) is 5.96. The Labute approximate surface area is 347 Å². The number of non-ortho nitro benzene ring substituents is 1. The van der Waals surface area contributed by atoms with E-state index in [1.807, 2.05) is 0 Å². The Morgan fingerprint density at radius 2 is 0.877 bits per heavy atom. The number of fused-ring (bicyclic) bond motifs is 2. The zero-order chi connectivity index (χ0) is 39.1. The normalized spacial score (nSPS) is 10.3. The Hall–Kier alpha value is -5.31. The van der Waals surface area contributed by atoms with Crippen molar-refractivity contribution in [1.82, 2.24) is 9.97 Å². The predicted molar refractivity (Wildman–Crippen MR) is 224 cm³/mol. The van der Waals surface area contributed by atoms with E-state index in [0.717, 1.165) is 5.39 Å². The number of benzene rings is 6. The van der Waals surface area contributed by atoms with Crippen LogP contribution in [0.5, 0.6) is 0 Å². The van der Waals surface area contributed by atoms with Gasteiger partial charge in [0, 0.05) is 62.0 Å². The third-order valence-electron chi connectivity index (χ3n) is 8.43. The number of rotatable bonds is 5. The van der Waals surface area contributed by atoms with Crippen molar-refractivity contribution in [1.29, 1.82) is 0 Å². The summed E-state index contributed by atoms with van der Waals surface area (Å²) >= 11 is -0.826. The Morgan fingerprint density at radius 3 is 1.26 bits per heavy atom. The number of aromatic nitrogens is 2. The molecule has 288 valence electrons. The summed E-state index contributed by atoms with van der Waals surface area (Å²) in [5, 5.41) is 12.3. The van der Waals surface area contributed by atoms with Gasteiger partial charge in [-0.3, -0.25) is 10.1 Å². The number of hydrogen-bond acceptors (Lipinski definition) is 5. The SMILES string of the molecule is Cl.Nc1ccc2nc(-c3ccccc3F)c(-c3ccccc3F)cc2c1.O.O=[N+]([O-])c1ccc2nc(-c3ccccc3F)c(-c3ccccc3F)cc2c1.[Cl][Sn][Cl]. The van der Waals surface area contributed by atoms with Crippen molar-refractivity contribution < 1.29 is 28.0 Å². The number of pyridine rings is 2. The predicted octanol–water partition coefficient (Wildman–Crippen LogP) is 11.8. The van der Waals surface area contributed by atoms with Gasteiger partial charge in [0.1, 0.15) is 23.3 Å². The van der Waals surface area contributed by atoms with Crippen LogP contribution in [0.15, 0.2) is 146 Å². The van der Waals surface area contributed by atoms with Crippen LogP contribution in [0, 0.1) is 33.4 Å². The number of nitrogens with two attached hydrogens (primary N) is 1. The molecule has 0 aliphatic heterocycles. The number of nitro groups is 1. The summed E-state index contributed by atoms with van der Waals surface area (Å²) in [6.45, 7) is 0. The minimum atomic E-state index is -0.826. The first-order valence-corrected chi connectivity index (χ1v) is 23.6. The maximum absolute atomic E-state index is 14.4. The summed E-state index contributed by atoms with van der Waals surface area (Å²) in [6, 6.07) is 37.9.